The highest BCUT2D eigenvalue weighted by atomic mass is 35.5. The van der Waals surface area contributed by atoms with Gasteiger partial charge in [-0.3, -0.25) is 0 Å². The molecule has 4 nitrogen and oxygen atoms in total. The Bertz CT molecular complexity index is 1030. The summed E-state index contributed by atoms with van der Waals surface area (Å²) in [4.78, 5) is 12.2. The van der Waals surface area contributed by atoms with Crippen molar-refractivity contribution < 1.29 is 4.42 Å². The third-order valence-corrected chi connectivity index (χ3v) is 3.84. The van der Waals surface area contributed by atoms with Crippen LogP contribution < -0.4 is 5.63 Å². The molecule has 0 amide bonds. The average molecular weight is 323 g/mol. The molecule has 0 saturated heterocycles. The van der Waals surface area contributed by atoms with Gasteiger partial charge in [-0.1, -0.05) is 41.9 Å². The fourth-order valence-corrected chi connectivity index (χ4v) is 2.56. The Morgan fingerprint density at radius 3 is 2.43 bits per heavy atom. The minimum absolute atomic E-state index is 0.404. The molecule has 0 radical (unpaired) electrons. The van der Waals surface area contributed by atoms with Crippen LogP contribution in [0.25, 0.3) is 28.1 Å². The highest BCUT2D eigenvalue weighted by Gasteiger charge is 2.11. The Kier molecular flexibility index (Phi) is 3.24. The van der Waals surface area contributed by atoms with Crippen LogP contribution in [0.3, 0.4) is 0 Å². The second-order valence-corrected chi connectivity index (χ2v) is 5.55. The van der Waals surface area contributed by atoms with Crippen molar-refractivity contribution in [1.82, 2.24) is 9.61 Å². The maximum Gasteiger partial charge on any atom is 0.362 e. The zero-order valence-corrected chi connectivity index (χ0v) is 12.7. The summed E-state index contributed by atoms with van der Waals surface area (Å²) in [5.41, 5.74) is 2.42. The molecule has 0 saturated carbocycles. The molecule has 0 aliphatic carbocycles. The van der Waals surface area contributed by atoms with Crippen LogP contribution in [0.15, 0.2) is 76.1 Å². The van der Waals surface area contributed by atoms with Crippen LogP contribution in [0.2, 0.25) is 5.02 Å². The molecule has 0 bridgehead atoms. The van der Waals surface area contributed by atoms with Crippen LogP contribution >= 0.6 is 11.6 Å². The first-order valence-corrected chi connectivity index (χ1v) is 7.43. The predicted octanol–water partition coefficient (Wildman–Crippen LogP) is 4.27. The molecular formula is C18H11ClN2O2. The Hall–Kier alpha value is -2.85. The van der Waals surface area contributed by atoms with Gasteiger partial charge in [0.25, 0.3) is 0 Å². The van der Waals surface area contributed by atoms with Crippen molar-refractivity contribution in [2.45, 2.75) is 0 Å². The molecule has 2 heterocycles. The molecule has 2 aromatic carbocycles. The van der Waals surface area contributed by atoms with E-state index in [1.54, 1.807) is 41.0 Å². The second kappa shape index (κ2) is 5.41. The van der Waals surface area contributed by atoms with Gasteiger partial charge in [0.2, 0.25) is 0 Å². The van der Waals surface area contributed by atoms with E-state index < -0.39 is 5.63 Å². The van der Waals surface area contributed by atoms with Gasteiger partial charge in [0.15, 0.2) is 11.3 Å². The van der Waals surface area contributed by atoms with Crippen LogP contribution in [-0.2, 0) is 0 Å². The molecule has 5 heteroatoms. The van der Waals surface area contributed by atoms with Gasteiger partial charge in [0, 0.05) is 16.1 Å². The Balaban J connectivity index is 1.87. The minimum Gasteiger partial charge on any atom is -0.420 e. The first-order chi connectivity index (χ1) is 11.2. The van der Waals surface area contributed by atoms with Gasteiger partial charge < -0.3 is 4.42 Å². The molecule has 23 heavy (non-hydrogen) atoms. The second-order valence-electron chi connectivity index (χ2n) is 5.12. The third-order valence-electron chi connectivity index (χ3n) is 3.59. The molecule has 0 unspecified atom stereocenters. The SMILES string of the molecule is O=c1oc(-c2ccc(Cl)cc2)cn2nc(-c3ccccc3)cc12. The topological polar surface area (TPSA) is 47.5 Å². The van der Waals surface area contributed by atoms with E-state index in [1.807, 2.05) is 30.3 Å². The Morgan fingerprint density at radius 2 is 1.70 bits per heavy atom. The highest BCUT2D eigenvalue weighted by molar-refractivity contribution is 6.30. The number of nitrogens with zero attached hydrogens (tertiary/aromatic N) is 2. The molecule has 0 aliphatic rings. The van der Waals surface area contributed by atoms with Gasteiger partial charge in [-0.25, -0.2) is 9.31 Å². The summed E-state index contributed by atoms with van der Waals surface area (Å²) in [5.74, 6) is 0.446. The van der Waals surface area contributed by atoms with E-state index in [1.165, 1.54) is 0 Å². The van der Waals surface area contributed by atoms with Crippen LogP contribution in [0, 0.1) is 0 Å². The van der Waals surface area contributed by atoms with E-state index in [2.05, 4.69) is 5.10 Å². The molecule has 0 fully saturated rings. The molecule has 4 aromatic rings. The maximum atomic E-state index is 12.2. The summed E-state index contributed by atoms with van der Waals surface area (Å²) in [7, 11) is 0. The molecule has 0 spiro atoms. The van der Waals surface area contributed by atoms with Gasteiger partial charge in [-0.05, 0) is 30.3 Å². The lowest BCUT2D eigenvalue weighted by atomic mass is 10.1. The largest absolute Gasteiger partial charge is 0.420 e. The molecule has 4 rings (SSSR count). The van der Waals surface area contributed by atoms with Crippen LogP contribution in [0.4, 0.5) is 0 Å². The van der Waals surface area contributed by atoms with E-state index in [-0.39, 0.29) is 0 Å². The molecule has 2 aromatic heterocycles. The number of benzene rings is 2. The standard InChI is InChI=1S/C18H11ClN2O2/c19-14-8-6-13(7-9-14)17-11-21-16(18(22)23-17)10-15(20-21)12-4-2-1-3-5-12/h1-11H. The van der Waals surface area contributed by atoms with Crippen molar-refractivity contribution in [2.24, 2.45) is 0 Å². The summed E-state index contributed by atoms with van der Waals surface area (Å²) in [6.07, 6.45) is 1.70. The highest BCUT2D eigenvalue weighted by Crippen LogP contribution is 2.22. The fourth-order valence-electron chi connectivity index (χ4n) is 2.43. The lowest BCUT2D eigenvalue weighted by Crippen LogP contribution is -2.04. The molecule has 0 N–H and O–H groups in total. The Morgan fingerprint density at radius 1 is 0.957 bits per heavy atom. The van der Waals surface area contributed by atoms with Crippen molar-refractivity contribution in [3.05, 3.63) is 82.3 Å². The molecule has 0 aliphatic heterocycles. The summed E-state index contributed by atoms with van der Waals surface area (Å²) in [6, 6.07) is 18.5. The van der Waals surface area contributed by atoms with E-state index in [4.69, 9.17) is 16.0 Å². The summed E-state index contributed by atoms with van der Waals surface area (Å²) in [5, 5.41) is 5.11. The van der Waals surface area contributed by atoms with Crippen molar-refractivity contribution in [3.63, 3.8) is 0 Å². The van der Waals surface area contributed by atoms with Crippen LogP contribution in [0.1, 0.15) is 0 Å². The summed E-state index contributed by atoms with van der Waals surface area (Å²) < 4.78 is 6.96. The third kappa shape index (κ3) is 2.53. The van der Waals surface area contributed by atoms with Crippen molar-refractivity contribution in [2.75, 3.05) is 0 Å². The predicted molar refractivity (Wildman–Crippen MR) is 89.6 cm³/mol. The van der Waals surface area contributed by atoms with Crippen molar-refractivity contribution in [1.29, 1.82) is 0 Å². The van der Waals surface area contributed by atoms with Gasteiger partial charge >= 0.3 is 5.63 Å². The van der Waals surface area contributed by atoms with E-state index in [9.17, 15) is 4.79 Å². The fraction of sp³-hybridized carbons (Fsp3) is 0. The molecule has 112 valence electrons. The normalized spacial score (nSPS) is 11.0. The zero-order valence-electron chi connectivity index (χ0n) is 11.9. The van der Waals surface area contributed by atoms with E-state index in [0.717, 1.165) is 16.8 Å². The van der Waals surface area contributed by atoms with Crippen molar-refractivity contribution in [3.8, 4) is 22.6 Å². The zero-order chi connectivity index (χ0) is 15.8. The summed E-state index contributed by atoms with van der Waals surface area (Å²) >= 11 is 5.89. The lowest BCUT2D eigenvalue weighted by molar-refractivity contribution is 0.521. The number of rotatable bonds is 2. The van der Waals surface area contributed by atoms with E-state index >= 15 is 0 Å². The molecular weight excluding hydrogens is 312 g/mol. The minimum atomic E-state index is -0.424. The number of fused-ring (bicyclic) bond motifs is 1. The monoisotopic (exact) mass is 322 g/mol. The van der Waals surface area contributed by atoms with Crippen LogP contribution in [0.5, 0.6) is 0 Å². The number of hydrogen-bond acceptors (Lipinski definition) is 3. The smallest absolute Gasteiger partial charge is 0.362 e. The van der Waals surface area contributed by atoms with Gasteiger partial charge in [0.05, 0.1) is 11.9 Å². The summed E-state index contributed by atoms with van der Waals surface area (Å²) in [6.45, 7) is 0. The maximum absolute atomic E-state index is 12.2. The van der Waals surface area contributed by atoms with Gasteiger partial charge in [0.1, 0.15) is 0 Å². The number of halogens is 1. The number of hydrogen-bond donors (Lipinski definition) is 0. The molecule has 0 atom stereocenters. The van der Waals surface area contributed by atoms with Gasteiger partial charge in [-0.15, -0.1) is 0 Å². The van der Waals surface area contributed by atoms with Gasteiger partial charge in [-0.2, -0.15) is 5.10 Å². The average Bonchev–Trinajstić information content (AvgIpc) is 3.01. The number of aromatic nitrogens is 2. The van der Waals surface area contributed by atoms with Crippen molar-refractivity contribution >= 4 is 17.1 Å². The first-order valence-electron chi connectivity index (χ1n) is 7.05. The quantitative estimate of drug-likeness (QED) is 0.553. The Labute approximate surface area is 136 Å². The van der Waals surface area contributed by atoms with E-state index in [0.29, 0.717) is 16.3 Å². The van der Waals surface area contributed by atoms with Crippen LogP contribution in [-0.4, -0.2) is 9.61 Å². The first kappa shape index (κ1) is 13.8. The lowest BCUT2D eigenvalue weighted by Gasteiger charge is -2.01.